The summed E-state index contributed by atoms with van der Waals surface area (Å²) in [7, 11) is 0. The molecule has 0 spiro atoms. The Balaban J connectivity index is 1.73. The zero-order chi connectivity index (χ0) is 14.2. The normalized spacial score (nSPS) is 16.4. The van der Waals surface area contributed by atoms with Crippen LogP contribution in [-0.2, 0) is 0 Å². The number of halogens is 1. The number of hydrogen-bond donors (Lipinski definition) is 2. The Morgan fingerprint density at radius 1 is 1.10 bits per heavy atom. The molecule has 1 saturated carbocycles. The molecule has 1 aromatic carbocycles. The fourth-order valence-electron chi connectivity index (χ4n) is 2.72. The van der Waals surface area contributed by atoms with Gasteiger partial charge in [0.25, 0.3) is 0 Å². The highest BCUT2D eigenvalue weighted by Gasteiger charge is 2.10. The van der Waals surface area contributed by atoms with Gasteiger partial charge in [-0.05, 0) is 31.0 Å². The van der Waals surface area contributed by atoms with Gasteiger partial charge in [0.2, 0.25) is 0 Å². The van der Waals surface area contributed by atoms with Gasteiger partial charge >= 0.3 is 0 Å². The van der Waals surface area contributed by atoms with Gasteiger partial charge in [-0.3, -0.25) is 0 Å². The van der Waals surface area contributed by atoms with Crippen LogP contribution < -0.4 is 10.6 Å². The van der Waals surface area contributed by atoms with Crippen LogP contribution in [0.1, 0.15) is 44.1 Å². The Morgan fingerprint density at radius 2 is 1.85 bits per heavy atom. The number of nitrogens with one attached hydrogen (secondary N) is 2. The molecule has 1 aromatic rings. The Bertz CT molecular complexity index is 459. The molecule has 0 aliphatic heterocycles. The van der Waals surface area contributed by atoms with Gasteiger partial charge in [-0.2, -0.15) is 5.26 Å². The molecule has 1 aliphatic rings. The van der Waals surface area contributed by atoms with E-state index in [1.165, 1.54) is 38.5 Å². The van der Waals surface area contributed by atoms with Crippen LogP contribution in [0.2, 0.25) is 0 Å². The van der Waals surface area contributed by atoms with E-state index in [0.717, 1.165) is 23.2 Å². The molecule has 4 heteroatoms. The van der Waals surface area contributed by atoms with Crippen LogP contribution >= 0.6 is 15.9 Å². The maximum atomic E-state index is 8.94. The van der Waals surface area contributed by atoms with Crippen molar-refractivity contribution in [3.05, 3.63) is 28.2 Å². The first kappa shape index (κ1) is 15.3. The molecule has 1 aliphatic carbocycles. The molecule has 0 atom stereocenters. The molecular weight excluding hydrogens is 314 g/mol. The quantitative estimate of drug-likeness (QED) is 0.630. The van der Waals surface area contributed by atoms with E-state index in [1.54, 1.807) is 0 Å². The van der Waals surface area contributed by atoms with Crippen LogP contribution in [0.3, 0.4) is 0 Å². The second kappa shape index (κ2) is 8.28. The molecule has 108 valence electrons. The summed E-state index contributed by atoms with van der Waals surface area (Å²) < 4.78 is 0.941. The number of rotatable bonds is 5. The van der Waals surface area contributed by atoms with Crippen molar-refractivity contribution in [2.75, 3.05) is 18.4 Å². The van der Waals surface area contributed by atoms with E-state index >= 15 is 0 Å². The predicted octanol–water partition coefficient (Wildman–Crippen LogP) is 4.05. The maximum Gasteiger partial charge on any atom is 0.0992 e. The zero-order valence-electron chi connectivity index (χ0n) is 11.8. The molecule has 0 radical (unpaired) electrons. The first-order valence-electron chi connectivity index (χ1n) is 7.46. The predicted molar refractivity (Wildman–Crippen MR) is 86.8 cm³/mol. The van der Waals surface area contributed by atoms with E-state index in [2.05, 4.69) is 32.6 Å². The lowest BCUT2D eigenvalue weighted by Gasteiger charge is -2.16. The minimum atomic E-state index is 0.679. The van der Waals surface area contributed by atoms with Crippen molar-refractivity contribution in [2.24, 2.45) is 0 Å². The van der Waals surface area contributed by atoms with Crippen molar-refractivity contribution >= 4 is 21.6 Å². The van der Waals surface area contributed by atoms with Crippen LogP contribution in [0, 0.1) is 11.3 Å². The van der Waals surface area contributed by atoms with Gasteiger partial charge in [0.05, 0.1) is 11.6 Å². The number of hydrogen-bond acceptors (Lipinski definition) is 3. The fraction of sp³-hybridized carbons (Fsp3) is 0.562. The second-order valence-electron chi connectivity index (χ2n) is 5.41. The Kier molecular flexibility index (Phi) is 6.35. The third kappa shape index (κ3) is 5.15. The van der Waals surface area contributed by atoms with Gasteiger partial charge in [0.1, 0.15) is 0 Å². The van der Waals surface area contributed by atoms with Crippen molar-refractivity contribution < 1.29 is 0 Å². The number of benzene rings is 1. The van der Waals surface area contributed by atoms with Gasteiger partial charge in [-0.15, -0.1) is 0 Å². The number of nitriles is 1. The Hall–Kier alpha value is -1.05. The van der Waals surface area contributed by atoms with Gasteiger partial charge < -0.3 is 10.6 Å². The fourth-order valence-corrected chi connectivity index (χ4v) is 3.22. The summed E-state index contributed by atoms with van der Waals surface area (Å²) in [4.78, 5) is 0. The van der Waals surface area contributed by atoms with Crippen LogP contribution in [0.5, 0.6) is 0 Å². The van der Waals surface area contributed by atoms with Crippen molar-refractivity contribution in [3.8, 4) is 6.07 Å². The number of nitrogens with zero attached hydrogens (tertiary/aromatic N) is 1. The Morgan fingerprint density at radius 3 is 2.55 bits per heavy atom. The average Bonchev–Trinajstić information content (AvgIpc) is 2.71. The van der Waals surface area contributed by atoms with Crippen LogP contribution in [0.25, 0.3) is 0 Å². The molecule has 0 aromatic heterocycles. The summed E-state index contributed by atoms with van der Waals surface area (Å²) in [6.45, 7) is 1.86. The summed E-state index contributed by atoms with van der Waals surface area (Å²) in [5, 5.41) is 16.0. The third-order valence-electron chi connectivity index (χ3n) is 3.77. The summed E-state index contributed by atoms with van der Waals surface area (Å²) in [6, 6.07) is 8.58. The van der Waals surface area contributed by atoms with E-state index < -0.39 is 0 Å². The maximum absolute atomic E-state index is 8.94. The lowest BCUT2D eigenvalue weighted by atomic mass is 10.1. The van der Waals surface area contributed by atoms with Crippen LogP contribution in [0.4, 0.5) is 5.69 Å². The van der Waals surface area contributed by atoms with E-state index in [-0.39, 0.29) is 0 Å². The van der Waals surface area contributed by atoms with Gasteiger partial charge in [0.15, 0.2) is 0 Å². The highest BCUT2D eigenvalue weighted by Crippen LogP contribution is 2.19. The SMILES string of the molecule is N#Cc1cc(Br)cc(NCCNC2CCCCCC2)c1. The largest absolute Gasteiger partial charge is 0.384 e. The van der Waals surface area contributed by atoms with Crippen molar-refractivity contribution in [3.63, 3.8) is 0 Å². The molecule has 0 bridgehead atoms. The standard InChI is InChI=1S/C16H22BrN3/c17-14-9-13(12-18)10-16(11-14)20-8-7-19-15-5-3-1-2-4-6-15/h9-11,15,19-20H,1-8H2. The van der Waals surface area contributed by atoms with Gasteiger partial charge in [-0.1, -0.05) is 41.6 Å². The van der Waals surface area contributed by atoms with Gasteiger partial charge in [-0.25, -0.2) is 0 Å². The summed E-state index contributed by atoms with van der Waals surface area (Å²) in [5.74, 6) is 0. The molecule has 2 rings (SSSR count). The van der Waals surface area contributed by atoms with E-state index in [0.29, 0.717) is 11.6 Å². The molecule has 0 amide bonds. The average molecular weight is 336 g/mol. The van der Waals surface area contributed by atoms with Crippen LogP contribution in [0.15, 0.2) is 22.7 Å². The van der Waals surface area contributed by atoms with Crippen molar-refractivity contribution in [1.29, 1.82) is 5.26 Å². The minimum absolute atomic E-state index is 0.679. The molecule has 2 N–H and O–H groups in total. The minimum Gasteiger partial charge on any atom is -0.384 e. The molecular formula is C16H22BrN3. The lowest BCUT2D eigenvalue weighted by Crippen LogP contribution is -2.32. The molecule has 3 nitrogen and oxygen atoms in total. The summed E-state index contributed by atoms with van der Waals surface area (Å²) in [6.07, 6.45) is 8.15. The van der Waals surface area contributed by atoms with E-state index in [1.807, 2.05) is 18.2 Å². The van der Waals surface area contributed by atoms with Crippen LogP contribution in [-0.4, -0.2) is 19.1 Å². The third-order valence-corrected chi connectivity index (χ3v) is 4.23. The molecule has 0 unspecified atom stereocenters. The highest BCUT2D eigenvalue weighted by atomic mass is 79.9. The van der Waals surface area contributed by atoms with E-state index in [4.69, 9.17) is 5.26 Å². The molecule has 20 heavy (non-hydrogen) atoms. The van der Waals surface area contributed by atoms with Crippen molar-refractivity contribution in [2.45, 2.75) is 44.6 Å². The highest BCUT2D eigenvalue weighted by molar-refractivity contribution is 9.10. The van der Waals surface area contributed by atoms with E-state index in [9.17, 15) is 0 Å². The second-order valence-corrected chi connectivity index (χ2v) is 6.33. The first-order valence-corrected chi connectivity index (χ1v) is 8.25. The lowest BCUT2D eigenvalue weighted by molar-refractivity contribution is 0.468. The number of anilines is 1. The summed E-state index contributed by atoms with van der Waals surface area (Å²) in [5.41, 5.74) is 1.68. The topological polar surface area (TPSA) is 47.9 Å². The molecule has 1 fully saturated rings. The first-order chi connectivity index (χ1) is 9.78. The molecule has 0 saturated heterocycles. The Labute approximate surface area is 129 Å². The monoisotopic (exact) mass is 335 g/mol. The van der Waals surface area contributed by atoms with Crippen molar-refractivity contribution in [1.82, 2.24) is 5.32 Å². The summed E-state index contributed by atoms with van der Waals surface area (Å²) >= 11 is 3.43. The van der Waals surface area contributed by atoms with Gasteiger partial charge in [0, 0.05) is 29.3 Å². The zero-order valence-corrected chi connectivity index (χ0v) is 13.4. The molecule has 0 heterocycles. The smallest absolute Gasteiger partial charge is 0.0992 e.